The van der Waals surface area contributed by atoms with E-state index in [2.05, 4.69) is 17.0 Å². The van der Waals surface area contributed by atoms with Crippen molar-refractivity contribution < 1.29 is 0 Å². The molecule has 90 valence electrons. The van der Waals surface area contributed by atoms with E-state index in [0.29, 0.717) is 0 Å². The number of nitrogens with zero attached hydrogens (tertiary/aromatic N) is 1. The van der Waals surface area contributed by atoms with Crippen LogP contribution >= 0.6 is 23.5 Å². The molecule has 0 atom stereocenters. The molecule has 0 amide bonds. The van der Waals surface area contributed by atoms with Crippen molar-refractivity contribution in [1.82, 2.24) is 0 Å². The van der Waals surface area contributed by atoms with E-state index in [0.717, 1.165) is 11.6 Å². The Kier molecular flexibility index (Phi) is 2.87. The zero-order chi connectivity index (χ0) is 11.9. The van der Waals surface area contributed by atoms with Crippen LogP contribution in [0.5, 0.6) is 0 Å². The van der Waals surface area contributed by atoms with Gasteiger partial charge in [-0.15, -0.1) is 6.58 Å². The van der Waals surface area contributed by atoms with Crippen LogP contribution in [0, 0.1) is 0 Å². The van der Waals surface area contributed by atoms with Crippen LogP contribution in [0.15, 0.2) is 30.9 Å². The average molecular weight is 266 g/mol. The molecular weight excluding hydrogens is 250 g/mol. The van der Waals surface area contributed by atoms with E-state index >= 15 is 0 Å². The molecule has 1 saturated carbocycles. The maximum atomic E-state index is 6.44. The Hall–Kier alpha value is -0.600. The lowest BCUT2D eigenvalue weighted by atomic mass is 9.95. The van der Waals surface area contributed by atoms with E-state index in [1.165, 1.54) is 36.9 Å². The normalized spacial score (nSPS) is 20.9. The van der Waals surface area contributed by atoms with Gasteiger partial charge in [0.15, 0.2) is 0 Å². The molecule has 1 heterocycles. The molecule has 1 aliphatic carbocycles. The Labute approximate surface area is 112 Å². The summed E-state index contributed by atoms with van der Waals surface area (Å²) in [5, 5.41) is 0.934. The van der Waals surface area contributed by atoms with Gasteiger partial charge in [-0.3, -0.25) is 0 Å². The Morgan fingerprint density at radius 2 is 2.18 bits per heavy atom. The van der Waals surface area contributed by atoms with Crippen molar-refractivity contribution in [3.63, 3.8) is 0 Å². The lowest BCUT2D eigenvalue weighted by Gasteiger charge is -2.24. The van der Waals surface area contributed by atoms with Gasteiger partial charge in [0.2, 0.25) is 0 Å². The molecule has 1 nitrogen and oxygen atoms in total. The molecule has 17 heavy (non-hydrogen) atoms. The first-order valence-electron chi connectivity index (χ1n) is 6.13. The number of halogens is 1. The smallest absolute Gasteiger partial charge is 0.0643 e. The van der Waals surface area contributed by atoms with Crippen LogP contribution in [0.1, 0.15) is 31.2 Å². The van der Waals surface area contributed by atoms with Gasteiger partial charge in [0.05, 0.1) is 10.4 Å². The lowest BCUT2D eigenvalue weighted by Crippen LogP contribution is -2.16. The summed E-state index contributed by atoms with van der Waals surface area (Å²) >= 11 is 8.40. The van der Waals surface area contributed by atoms with Crippen molar-refractivity contribution in [1.29, 1.82) is 0 Å². The van der Waals surface area contributed by atoms with Gasteiger partial charge < -0.3 is 4.31 Å². The molecular formula is C14H16ClNS. The minimum absolute atomic E-state index is 0.247. The minimum atomic E-state index is 0.247. The molecule has 3 heteroatoms. The van der Waals surface area contributed by atoms with E-state index < -0.39 is 0 Å². The SMILES string of the molecule is C=CCN1SC2(CCCC2)c2c(Cl)cccc21. The first-order chi connectivity index (χ1) is 8.27. The first kappa shape index (κ1) is 11.5. The predicted molar refractivity (Wildman–Crippen MR) is 76.7 cm³/mol. The van der Waals surface area contributed by atoms with Crippen molar-refractivity contribution in [2.45, 2.75) is 30.4 Å². The molecule has 0 N–H and O–H groups in total. The van der Waals surface area contributed by atoms with E-state index in [1.54, 1.807) is 0 Å². The summed E-state index contributed by atoms with van der Waals surface area (Å²) in [7, 11) is 0. The molecule has 1 aromatic carbocycles. The Morgan fingerprint density at radius 3 is 2.88 bits per heavy atom. The van der Waals surface area contributed by atoms with Crippen LogP contribution in [0.25, 0.3) is 0 Å². The van der Waals surface area contributed by atoms with Crippen molar-refractivity contribution in [2.75, 3.05) is 10.8 Å². The summed E-state index contributed by atoms with van der Waals surface area (Å²) < 4.78 is 2.59. The van der Waals surface area contributed by atoms with Crippen LogP contribution in [-0.2, 0) is 4.75 Å². The van der Waals surface area contributed by atoms with E-state index in [1.807, 2.05) is 30.2 Å². The zero-order valence-electron chi connectivity index (χ0n) is 9.79. The van der Waals surface area contributed by atoms with Gasteiger partial charge in [0, 0.05) is 17.1 Å². The summed E-state index contributed by atoms with van der Waals surface area (Å²) in [5.74, 6) is 0. The minimum Gasteiger partial charge on any atom is -0.311 e. The molecule has 0 bridgehead atoms. The molecule has 0 unspecified atom stereocenters. The third kappa shape index (κ3) is 1.69. The number of anilines is 1. The second-order valence-corrected chi connectivity index (χ2v) is 6.59. The molecule has 1 aromatic rings. The van der Waals surface area contributed by atoms with Crippen LogP contribution < -0.4 is 4.31 Å². The van der Waals surface area contributed by atoms with Gasteiger partial charge in [-0.05, 0) is 36.9 Å². The highest BCUT2D eigenvalue weighted by molar-refractivity contribution is 8.02. The summed E-state index contributed by atoms with van der Waals surface area (Å²) in [6.45, 7) is 4.74. The summed E-state index contributed by atoms with van der Waals surface area (Å²) in [6, 6.07) is 6.26. The molecule has 1 spiro atoms. The molecule has 0 saturated heterocycles. The lowest BCUT2D eigenvalue weighted by molar-refractivity contribution is 0.663. The van der Waals surface area contributed by atoms with Gasteiger partial charge in [-0.25, -0.2) is 0 Å². The standard InChI is InChI=1S/C14H16ClNS/c1-2-10-16-12-7-5-6-11(15)13(12)14(17-16)8-3-4-9-14/h2,5-7H,1,3-4,8-10H2. The Balaban J connectivity index is 2.11. The zero-order valence-corrected chi connectivity index (χ0v) is 11.4. The monoisotopic (exact) mass is 265 g/mol. The maximum Gasteiger partial charge on any atom is 0.0643 e. The van der Waals surface area contributed by atoms with E-state index in [9.17, 15) is 0 Å². The molecule has 3 rings (SSSR count). The highest BCUT2D eigenvalue weighted by atomic mass is 35.5. The Bertz CT molecular complexity index is 452. The predicted octanol–water partition coefficient (Wildman–Crippen LogP) is 4.76. The van der Waals surface area contributed by atoms with Crippen molar-refractivity contribution in [2.24, 2.45) is 0 Å². The van der Waals surface area contributed by atoms with Crippen LogP contribution in [0.2, 0.25) is 5.02 Å². The third-order valence-electron chi connectivity index (χ3n) is 3.71. The average Bonchev–Trinajstić information content (AvgIpc) is 2.88. The summed E-state index contributed by atoms with van der Waals surface area (Å²) in [6.07, 6.45) is 7.11. The number of benzene rings is 1. The molecule has 2 aliphatic rings. The summed E-state index contributed by atoms with van der Waals surface area (Å²) in [5.41, 5.74) is 2.66. The number of hydrogen-bond donors (Lipinski definition) is 0. The van der Waals surface area contributed by atoms with Gasteiger partial charge in [0.25, 0.3) is 0 Å². The van der Waals surface area contributed by atoms with Gasteiger partial charge in [-0.2, -0.15) is 0 Å². The fourth-order valence-electron chi connectivity index (χ4n) is 3.02. The maximum absolute atomic E-state index is 6.44. The molecule has 1 aliphatic heterocycles. The van der Waals surface area contributed by atoms with Crippen LogP contribution in [0.3, 0.4) is 0 Å². The van der Waals surface area contributed by atoms with Crippen LogP contribution in [-0.4, -0.2) is 6.54 Å². The van der Waals surface area contributed by atoms with Gasteiger partial charge in [-0.1, -0.05) is 36.6 Å². The molecule has 1 fully saturated rings. The van der Waals surface area contributed by atoms with Crippen molar-refractivity contribution >= 4 is 29.2 Å². The second kappa shape index (κ2) is 4.25. The molecule has 0 radical (unpaired) electrons. The number of hydrogen-bond acceptors (Lipinski definition) is 2. The summed E-state index contributed by atoms with van der Waals surface area (Å²) in [4.78, 5) is 0. The second-order valence-electron chi connectivity index (χ2n) is 4.78. The Morgan fingerprint density at radius 1 is 1.41 bits per heavy atom. The first-order valence-corrected chi connectivity index (χ1v) is 7.28. The van der Waals surface area contributed by atoms with Gasteiger partial charge >= 0.3 is 0 Å². The van der Waals surface area contributed by atoms with Crippen molar-refractivity contribution in [3.8, 4) is 0 Å². The number of fused-ring (bicyclic) bond motifs is 2. The van der Waals surface area contributed by atoms with E-state index in [-0.39, 0.29) is 4.75 Å². The van der Waals surface area contributed by atoms with Crippen LogP contribution in [0.4, 0.5) is 5.69 Å². The number of rotatable bonds is 2. The highest BCUT2D eigenvalue weighted by Gasteiger charge is 2.46. The largest absolute Gasteiger partial charge is 0.311 e. The topological polar surface area (TPSA) is 3.24 Å². The fraction of sp³-hybridized carbons (Fsp3) is 0.429. The molecule has 0 aromatic heterocycles. The fourth-order valence-corrected chi connectivity index (χ4v) is 5.05. The highest BCUT2D eigenvalue weighted by Crippen LogP contribution is 2.61. The van der Waals surface area contributed by atoms with Gasteiger partial charge in [0.1, 0.15) is 0 Å². The third-order valence-corrected chi connectivity index (χ3v) is 5.55. The van der Waals surface area contributed by atoms with E-state index in [4.69, 9.17) is 11.6 Å². The quantitative estimate of drug-likeness (QED) is 0.560. The van der Waals surface area contributed by atoms with Crippen molar-refractivity contribution in [3.05, 3.63) is 41.4 Å².